The maximum absolute atomic E-state index is 12.6. The molecule has 3 rings (SSSR count). The maximum atomic E-state index is 12.6. The maximum Gasteiger partial charge on any atom is 0.270 e. The lowest BCUT2D eigenvalue weighted by molar-refractivity contribution is -0.384. The quantitative estimate of drug-likeness (QED) is 0.206. The van der Waals surface area contributed by atoms with Gasteiger partial charge in [-0.1, -0.05) is 47.1 Å². The molecule has 32 heavy (non-hydrogen) atoms. The summed E-state index contributed by atoms with van der Waals surface area (Å²) in [5.74, 6) is 0.0674. The first-order valence-electron chi connectivity index (χ1n) is 9.30. The molecule has 166 valence electrons. The fourth-order valence-corrected chi connectivity index (χ4v) is 4.22. The van der Waals surface area contributed by atoms with Gasteiger partial charge in [0.1, 0.15) is 5.82 Å². The van der Waals surface area contributed by atoms with Crippen LogP contribution in [0, 0.1) is 10.1 Å². The SMILES string of the molecule is CC(=O)NCCc1nnc(SCC(=O)c2cccc([N+](=O)[O-])c2)n1-c1cc(Cl)cc(Cl)c1. The van der Waals surface area contributed by atoms with E-state index in [0.717, 1.165) is 11.8 Å². The molecule has 0 atom stereocenters. The summed E-state index contributed by atoms with van der Waals surface area (Å²) in [6.07, 6.45) is 0.385. The zero-order chi connectivity index (χ0) is 23.3. The zero-order valence-corrected chi connectivity index (χ0v) is 19.1. The molecular weight excluding hydrogens is 477 g/mol. The number of thioether (sulfide) groups is 1. The molecule has 9 nitrogen and oxygen atoms in total. The first-order chi connectivity index (χ1) is 15.2. The highest BCUT2D eigenvalue weighted by molar-refractivity contribution is 7.99. The Kier molecular flexibility index (Phi) is 7.84. The van der Waals surface area contributed by atoms with E-state index in [4.69, 9.17) is 23.2 Å². The number of nitro groups is 1. The third-order valence-corrected chi connectivity index (χ3v) is 5.61. The summed E-state index contributed by atoms with van der Waals surface area (Å²) in [4.78, 5) is 34.2. The molecule has 0 saturated heterocycles. The molecule has 0 spiro atoms. The van der Waals surface area contributed by atoms with E-state index in [2.05, 4.69) is 15.5 Å². The van der Waals surface area contributed by atoms with Gasteiger partial charge in [0, 0.05) is 47.6 Å². The summed E-state index contributed by atoms with van der Waals surface area (Å²) in [5, 5.41) is 23.3. The van der Waals surface area contributed by atoms with Gasteiger partial charge in [-0.3, -0.25) is 24.3 Å². The molecule has 1 N–H and O–H groups in total. The number of aromatic nitrogens is 3. The van der Waals surface area contributed by atoms with Gasteiger partial charge >= 0.3 is 0 Å². The first kappa shape index (κ1) is 23.7. The Morgan fingerprint density at radius 3 is 2.53 bits per heavy atom. The van der Waals surface area contributed by atoms with Gasteiger partial charge in [-0.25, -0.2) is 0 Å². The number of carbonyl (C=O) groups is 2. The minimum Gasteiger partial charge on any atom is -0.356 e. The normalized spacial score (nSPS) is 10.7. The molecule has 1 heterocycles. The van der Waals surface area contributed by atoms with Crippen molar-refractivity contribution in [3.8, 4) is 5.69 Å². The topological polar surface area (TPSA) is 120 Å². The van der Waals surface area contributed by atoms with Crippen molar-refractivity contribution in [1.29, 1.82) is 0 Å². The van der Waals surface area contributed by atoms with Crippen LogP contribution in [0.4, 0.5) is 5.69 Å². The highest BCUT2D eigenvalue weighted by Gasteiger charge is 2.18. The third kappa shape index (κ3) is 6.06. The van der Waals surface area contributed by atoms with Crippen molar-refractivity contribution >= 4 is 52.3 Å². The number of nitrogens with one attached hydrogen (secondary N) is 1. The first-order valence-corrected chi connectivity index (χ1v) is 11.0. The number of ketones is 1. The summed E-state index contributed by atoms with van der Waals surface area (Å²) in [7, 11) is 0. The van der Waals surface area contributed by atoms with Crippen molar-refractivity contribution in [2.75, 3.05) is 12.3 Å². The monoisotopic (exact) mass is 493 g/mol. The lowest BCUT2D eigenvalue weighted by Gasteiger charge is -2.11. The molecule has 0 radical (unpaired) electrons. The van der Waals surface area contributed by atoms with Gasteiger partial charge in [0.05, 0.1) is 16.4 Å². The highest BCUT2D eigenvalue weighted by Crippen LogP contribution is 2.28. The number of carbonyl (C=O) groups excluding carboxylic acids is 2. The van der Waals surface area contributed by atoms with Crippen LogP contribution < -0.4 is 5.32 Å². The minimum atomic E-state index is -0.551. The fraction of sp³-hybridized carbons (Fsp3) is 0.200. The summed E-state index contributed by atoms with van der Waals surface area (Å²) in [6, 6.07) is 10.5. The van der Waals surface area contributed by atoms with E-state index in [1.165, 1.54) is 31.2 Å². The van der Waals surface area contributed by atoms with Gasteiger partial charge in [0.2, 0.25) is 5.91 Å². The Labute approximate surface area is 197 Å². The zero-order valence-electron chi connectivity index (χ0n) is 16.7. The Balaban J connectivity index is 1.86. The van der Waals surface area contributed by atoms with Crippen molar-refractivity contribution in [3.05, 3.63) is 74.0 Å². The molecule has 2 aromatic carbocycles. The van der Waals surface area contributed by atoms with E-state index >= 15 is 0 Å². The number of amides is 1. The van der Waals surface area contributed by atoms with Gasteiger partial charge in [-0.15, -0.1) is 10.2 Å². The van der Waals surface area contributed by atoms with Crippen LogP contribution in [0.2, 0.25) is 10.0 Å². The third-order valence-electron chi connectivity index (χ3n) is 4.24. The highest BCUT2D eigenvalue weighted by atomic mass is 35.5. The number of Topliss-reactive ketones (excluding diaryl/α,β-unsaturated/α-hetero) is 1. The molecule has 0 aliphatic rings. The number of rotatable bonds is 9. The molecule has 1 amide bonds. The number of hydrogen-bond donors (Lipinski definition) is 1. The van der Waals surface area contributed by atoms with Crippen LogP contribution in [0.25, 0.3) is 5.69 Å². The summed E-state index contributed by atoms with van der Waals surface area (Å²) in [6.45, 7) is 1.77. The lowest BCUT2D eigenvalue weighted by atomic mass is 10.1. The number of non-ortho nitro benzene ring substituents is 1. The van der Waals surface area contributed by atoms with E-state index in [0.29, 0.717) is 39.7 Å². The second-order valence-corrected chi connectivity index (χ2v) is 8.43. The van der Waals surface area contributed by atoms with Crippen molar-refractivity contribution < 1.29 is 14.5 Å². The predicted molar refractivity (Wildman–Crippen MR) is 122 cm³/mol. The number of nitrogens with zero attached hydrogens (tertiary/aromatic N) is 4. The minimum absolute atomic E-state index is 0.0146. The molecule has 0 unspecified atom stereocenters. The van der Waals surface area contributed by atoms with E-state index in [-0.39, 0.29) is 28.7 Å². The van der Waals surface area contributed by atoms with Gasteiger partial charge < -0.3 is 5.32 Å². The summed E-state index contributed by atoms with van der Waals surface area (Å²) in [5.41, 5.74) is 0.683. The average molecular weight is 494 g/mol. The number of hydrogen-bond acceptors (Lipinski definition) is 7. The molecule has 0 bridgehead atoms. The molecular formula is C20H17Cl2N5O4S. The van der Waals surface area contributed by atoms with Gasteiger partial charge in [0.15, 0.2) is 10.9 Å². The molecule has 0 saturated carbocycles. The molecule has 12 heteroatoms. The largest absolute Gasteiger partial charge is 0.356 e. The van der Waals surface area contributed by atoms with E-state index in [9.17, 15) is 19.7 Å². The summed E-state index contributed by atoms with van der Waals surface area (Å²) >= 11 is 13.4. The standard InChI is InChI=1S/C20H17Cl2N5O4S/c1-12(28)23-6-5-19-24-25-20(26(19)17-9-14(21)8-15(22)10-17)32-11-18(29)13-3-2-4-16(7-13)27(30)31/h2-4,7-10H,5-6,11H2,1H3,(H,23,28). The van der Waals surface area contributed by atoms with E-state index in [1.54, 1.807) is 22.8 Å². The van der Waals surface area contributed by atoms with E-state index in [1.807, 2.05) is 0 Å². The van der Waals surface area contributed by atoms with Crippen LogP contribution in [-0.4, -0.2) is 43.7 Å². The van der Waals surface area contributed by atoms with Crippen LogP contribution in [0.15, 0.2) is 47.6 Å². The molecule has 1 aromatic heterocycles. The second-order valence-electron chi connectivity index (χ2n) is 6.61. The summed E-state index contributed by atoms with van der Waals surface area (Å²) < 4.78 is 1.71. The smallest absolute Gasteiger partial charge is 0.270 e. The Bertz CT molecular complexity index is 1160. The molecule has 0 aliphatic heterocycles. The van der Waals surface area contributed by atoms with Crippen LogP contribution in [0.5, 0.6) is 0 Å². The number of benzene rings is 2. The van der Waals surface area contributed by atoms with Crippen molar-refractivity contribution in [2.45, 2.75) is 18.5 Å². The van der Waals surface area contributed by atoms with Crippen LogP contribution >= 0.6 is 35.0 Å². The van der Waals surface area contributed by atoms with E-state index < -0.39 is 4.92 Å². The van der Waals surface area contributed by atoms with Crippen molar-refractivity contribution in [3.63, 3.8) is 0 Å². The molecule has 0 aliphatic carbocycles. The Morgan fingerprint density at radius 2 is 1.88 bits per heavy atom. The van der Waals surface area contributed by atoms with Crippen LogP contribution in [0.3, 0.4) is 0 Å². The van der Waals surface area contributed by atoms with Gasteiger partial charge in [-0.05, 0) is 18.2 Å². The second kappa shape index (κ2) is 10.6. The van der Waals surface area contributed by atoms with Crippen LogP contribution in [0.1, 0.15) is 23.1 Å². The van der Waals surface area contributed by atoms with Gasteiger partial charge in [0.25, 0.3) is 5.69 Å². The van der Waals surface area contributed by atoms with Gasteiger partial charge in [-0.2, -0.15) is 0 Å². The number of nitro benzene ring substituents is 1. The molecule has 0 fully saturated rings. The Hall–Kier alpha value is -2.95. The average Bonchev–Trinajstić information content (AvgIpc) is 3.14. The lowest BCUT2D eigenvalue weighted by Crippen LogP contribution is -2.23. The molecule has 3 aromatic rings. The van der Waals surface area contributed by atoms with Crippen molar-refractivity contribution in [1.82, 2.24) is 20.1 Å². The van der Waals surface area contributed by atoms with Crippen molar-refractivity contribution in [2.24, 2.45) is 0 Å². The predicted octanol–water partition coefficient (Wildman–Crippen LogP) is 4.14. The number of halogens is 2. The Morgan fingerprint density at radius 1 is 1.16 bits per heavy atom. The fourth-order valence-electron chi connectivity index (χ4n) is 2.84. The van der Waals surface area contributed by atoms with Crippen LogP contribution in [-0.2, 0) is 11.2 Å².